The third kappa shape index (κ3) is 13.3. The first-order valence-corrected chi connectivity index (χ1v) is 18.6. The highest BCUT2D eigenvalue weighted by molar-refractivity contribution is 7.48. The summed E-state index contributed by atoms with van der Waals surface area (Å²) in [5, 5.41) is -0.00434. The van der Waals surface area contributed by atoms with Gasteiger partial charge in [-0.1, -0.05) is 51.1 Å². The largest absolute Gasteiger partial charge is 0.542 e. The number of benzene rings is 1. The number of carbonyl (C=O) groups excluding carboxylic acids is 2. The van der Waals surface area contributed by atoms with E-state index >= 15 is 0 Å². The molecule has 2 aromatic rings. The molecule has 0 spiro atoms. The smallest absolute Gasteiger partial charge is 0.478 e. The molecule has 2 rings (SSSR count). The average Bonchev–Trinajstić information content (AvgIpc) is 3.25. The molecule has 242 valence electrons. The summed E-state index contributed by atoms with van der Waals surface area (Å²) in [7, 11) is -6.22. The number of phosphoric acid groups is 1. The van der Waals surface area contributed by atoms with E-state index in [4.69, 9.17) is 27.5 Å². The molecule has 1 aromatic heterocycles. The van der Waals surface area contributed by atoms with Gasteiger partial charge in [0.2, 0.25) is 6.79 Å². The molecule has 13 heteroatoms. The van der Waals surface area contributed by atoms with Crippen LogP contribution < -0.4 is 4.43 Å². The monoisotopic (exact) mass is 640 g/mol. The number of phosphoric ester groups is 1. The third-order valence-electron chi connectivity index (χ3n) is 6.24. The van der Waals surface area contributed by atoms with Crippen LogP contribution in [0.4, 0.5) is 4.79 Å². The number of ether oxygens (including phenoxy) is 2. The van der Waals surface area contributed by atoms with E-state index in [1.807, 2.05) is 30.3 Å². The van der Waals surface area contributed by atoms with Gasteiger partial charge in [-0.2, -0.15) is 0 Å². The molecule has 0 fully saturated rings. The molecule has 0 aliphatic carbocycles. The highest BCUT2D eigenvalue weighted by atomic mass is 31.2. The van der Waals surface area contributed by atoms with E-state index < -0.39 is 52.7 Å². The Morgan fingerprint density at radius 3 is 2.02 bits per heavy atom. The molecule has 0 aliphatic heterocycles. The van der Waals surface area contributed by atoms with Crippen molar-refractivity contribution in [3.8, 4) is 5.75 Å². The van der Waals surface area contributed by atoms with Crippen LogP contribution in [0.3, 0.4) is 0 Å². The molecule has 0 unspecified atom stereocenters. The van der Waals surface area contributed by atoms with Crippen LogP contribution in [0.2, 0.25) is 18.1 Å². The highest BCUT2D eigenvalue weighted by Crippen LogP contribution is 2.55. The van der Waals surface area contributed by atoms with E-state index in [1.165, 1.54) is 0 Å². The van der Waals surface area contributed by atoms with Crippen molar-refractivity contribution in [2.75, 3.05) is 13.3 Å². The maximum absolute atomic E-state index is 13.3. The Labute approximate surface area is 257 Å². The van der Waals surface area contributed by atoms with Crippen LogP contribution in [0, 0.1) is 0 Å². The number of amides is 1. The summed E-state index contributed by atoms with van der Waals surface area (Å²) in [4.78, 5) is 30.2. The summed E-state index contributed by atoms with van der Waals surface area (Å²) in [6.07, 6.45) is 0.830. The summed E-state index contributed by atoms with van der Waals surface area (Å²) in [6.45, 7) is 19.8. The minimum Gasteiger partial charge on any atom is -0.542 e. The average molecular weight is 641 g/mol. The molecule has 1 aromatic carbocycles. The van der Waals surface area contributed by atoms with Crippen LogP contribution in [0.15, 0.2) is 42.6 Å². The lowest BCUT2D eigenvalue weighted by Gasteiger charge is -2.36. The summed E-state index contributed by atoms with van der Waals surface area (Å²) in [6, 6.07) is 11.0. The maximum atomic E-state index is 13.3. The Balaban J connectivity index is 2.16. The van der Waals surface area contributed by atoms with Gasteiger partial charge in [-0.25, -0.2) is 13.9 Å². The van der Waals surface area contributed by atoms with Gasteiger partial charge in [0, 0.05) is 18.0 Å². The lowest BCUT2D eigenvalue weighted by atomic mass is 10.2. The number of aromatic nitrogens is 1. The zero-order chi connectivity index (χ0) is 32.7. The van der Waals surface area contributed by atoms with Crippen molar-refractivity contribution in [1.82, 2.24) is 9.88 Å². The maximum Gasteiger partial charge on any atom is 0.478 e. The Bertz CT molecular complexity index is 1220. The quantitative estimate of drug-likeness (QED) is 0.101. The predicted molar refractivity (Wildman–Crippen MR) is 167 cm³/mol. The Morgan fingerprint density at radius 2 is 1.49 bits per heavy atom. The van der Waals surface area contributed by atoms with Crippen molar-refractivity contribution in [1.29, 1.82) is 0 Å². The van der Waals surface area contributed by atoms with Crippen LogP contribution in [-0.4, -0.2) is 54.8 Å². The molecule has 0 saturated carbocycles. The zero-order valence-corrected chi connectivity index (χ0v) is 29.3. The normalized spacial score (nSPS) is 13.0. The van der Waals surface area contributed by atoms with Crippen LogP contribution in [0.25, 0.3) is 0 Å². The number of nitrogens with one attached hydrogen (secondary N) is 1. The van der Waals surface area contributed by atoms with Gasteiger partial charge in [0.05, 0.1) is 17.7 Å². The van der Waals surface area contributed by atoms with Gasteiger partial charge >= 0.3 is 19.9 Å². The van der Waals surface area contributed by atoms with E-state index in [9.17, 15) is 14.2 Å². The van der Waals surface area contributed by atoms with E-state index in [1.54, 1.807) is 53.8 Å². The van der Waals surface area contributed by atoms with Crippen LogP contribution in [0.1, 0.15) is 73.6 Å². The Kier molecular flexibility index (Phi) is 12.3. The third-order valence-corrected chi connectivity index (χ3v) is 12.6. The van der Waals surface area contributed by atoms with Gasteiger partial charge in [0.15, 0.2) is 0 Å². The van der Waals surface area contributed by atoms with E-state index in [-0.39, 0.29) is 18.2 Å². The molecule has 0 saturated heterocycles. The molecule has 1 amide bonds. The lowest BCUT2D eigenvalue weighted by molar-refractivity contribution is -0.146. The standard InChI is InChI=1S/C30H49N2O9PSi/c1-28(2,3)40-42(35,41-29(4,5)6)38-22-37-27(34)32(20-26(33)36-21-23-15-13-12-14-16-23)19-24-17-25(18-31-24)39-43(10,11)30(7,8)9/h12-18,31H,19-22H2,1-11H3. The second-order valence-electron chi connectivity index (χ2n) is 13.7. The van der Waals surface area contributed by atoms with Crippen LogP contribution >= 0.6 is 7.82 Å². The molecule has 43 heavy (non-hydrogen) atoms. The van der Waals surface area contributed by atoms with E-state index in [2.05, 4.69) is 38.8 Å². The van der Waals surface area contributed by atoms with Gasteiger partial charge in [-0.15, -0.1) is 0 Å². The molecule has 0 atom stereocenters. The molecule has 0 radical (unpaired) electrons. The van der Waals surface area contributed by atoms with Crippen LogP contribution in [0.5, 0.6) is 5.75 Å². The van der Waals surface area contributed by atoms with Crippen molar-refractivity contribution in [2.24, 2.45) is 0 Å². The Hall–Kier alpha value is -2.63. The fourth-order valence-corrected chi connectivity index (χ4v) is 6.00. The number of rotatable bonds is 13. The van der Waals surface area contributed by atoms with Crippen molar-refractivity contribution in [3.63, 3.8) is 0 Å². The number of carbonyl (C=O) groups is 2. The van der Waals surface area contributed by atoms with Gasteiger partial charge in [0.1, 0.15) is 18.9 Å². The number of H-pyrrole nitrogens is 1. The fraction of sp³-hybridized carbons (Fsp3) is 0.600. The number of nitrogens with zero attached hydrogens (tertiary/aromatic N) is 1. The molecule has 1 heterocycles. The Morgan fingerprint density at radius 1 is 0.907 bits per heavy atom. The second-order valence-corrected chi connectivity index (χ2v) is 20.0. The minimum absolute atomic E-state index is 0.00434. The highest BCUT2D eigenvalue weighted by Gasteiger charge is 2.40. The fourth-order valence-electron chi connectivity index (χ4n) is 3.32. The van der Waals surface area contributed by atoms with Gasteiger partial charge in [-0.05, 0) is 65.2 Å². The first-order chi connectivity index (χ1) is 19.6. The van der Waals surface area contributed by atoms with Gasteiger partial charge < -0.3 is 18.9 Å². The summed E-state index contributed by atoms with van der Waals surface area (Å²) < 4.78 is 46.8. The molecule has 0 aliphatic rings. The molecular formula is C30H49N2O9PSi. The molecule has 0 bridgehead atoms. The predicted octanol–water partition coefficient (Wildman–Crippen LogP) is 7.79. The van der Waals surface area contributed by atoms with Crippen molar-refractivity contribution >= 4 is 28.2 Å². The number of hydrogen-bond donors (Lipinski definition) is 1. The van der Waals surface area contributed by atoms with Crippen LogP contribution in [-0.2, 0) is 45.6 Å². The molecule has 11 nitrogen and oxygen atoms in total. The second kappa shape index (κ2) is 14.4. The van der Waals surface area contributed by atoms with Gasteiger partial charge in [0.25, 0.3) is 8.32 Å². The number of aromatic amines is 1. The first-order valence-electron chi connectivity index (χ1n) is 14.2. The van der Waals surface area contributed by atoms with Crippen molar-refractivity contribution in [3.05, 3.63) is 53.9 Å². The van der Waals surface area contributed by atoms with Crippen molar-refractivity contribution < 1.29 is 41.6 Å². The number of hydrogen-bond acceptors (Lipinski definition) is 9. The minimum atomic E-state index is -4.12. The zero-order valence-electron chi connectivity index (χ0n) is 27.4. The summed E-state index contributed by atoms with van der Waals surface area (Å²) in [5.41, 5.74) is -0.308. The van der Waals surface area contributed by atoms with E-state index in [0.29, 0.717) is 11.4 Å². The topological polar surface area (TPSA) is 126 Å². The van der Waals surface area contributed by atoms with E-state index in [0.717, 1.165) is 10.5 Å². The SMILES string of the molecule is CC(C)(C)OP(=O)(OCOC(=O)N(CC(=O)OCc1ccccc1)Cc1cc(O[Si](C)(C)C(C)(C)C)c[nH]1)OC(C)(C)C. The molecular weight excluding hydrogens is 591 g/mol. The summed E-state index contributed by atoms with van der Waals surface area (Å²) in [5.74, 6) is 0.00770. The number of esters is 1. The lowest BCUT2D eigenvalue weighted by Crippen LogP contribution is -2.43. The first kappa shape index (κ1) is 36.6. The van der Waals surface area contributed by atoms with Gasteiger partial charge in [-0.3, -0.25) is 18.7 Å². The van der Waals surface area contributed by atoms with Crippen molar-refractivity contribution in [2.45, 2.75) is 105 Å². The molecule has 1 N–H and O–H groups in total. The summed E-state index contributed by atoms with van der Waals surface area (Å²) >= 11 is 0.